The zero-order valence-electron chi connectivity index (χ0n) is 11.8. The van der Waals surface area contributed by atoms with Crippen LogP contribution in [0.4, 0.5) is 0 Å². The maximum Gasteiger partial charge on any atom is 0.0662 e. The minimum absolute atomic E-state index is 0.190. The van der Waals surface area contributed by atoms with E-state index in [0.29, 0.717) is 16.9 Å². The van der Waals surface area contributed by atoms with E-state index >= 15 is 0 Å². The summed E-state index contributed by atoms with van der Waals surface area (Å²) in [6.45, 7) is 13.4. The number of hydrogen-bond acceptors (Lipinski definition) is 2. The van der Waals surface area contributed by atoms with Crippen molar-refractivity contribution in [1.82, 2.24) is 5.32 Å². The zero-order chi connectivity index (χ0) is 12.6. The molecule has 1 rings (SSSR count). The number of hydrogen-bond donors (Lipinski definition) is 2. The fourth-order valence-electron chi connectivity index (χ4n) is 3.47. The molecule has 1 aliphatic rings. The molecule has 2 heteroatoms. The lowest BCUT2D eigenvalue weighted by Gasteiger charge is -2.46. The Hall–Kier alpha value is -0.0800. The summed E-state index contributed by atoms with van der Waals surface area (Å²) in [6.07, 6.45) is 3.45. The Morgan fingerprint density at radius 3 is 1.88 bits per heavy atom. The van der Waals surface area contributed by atoms with Crippen LogP contribution in [-0.4, -0.2) is 23.3 Å². The van der Waals surface area contributed by atoms with Gasteiger partial charge in [0.1, 0.15) is 0 Å². The maximum atomic E-state index is 9.55. The molecule has 0 heterocycles. The highest BCUT2D eigenvalue weighted by Crippen LogP contribution is 2.45. The van der Waals surface area contributed by atoms with E-state index in [1.54, 1.807) is 0 Å². The van der Waals surface area contributed by atoms with E-state index in [4.69, 9.17) is 0 Å². The zero-order valence-corrected chi connectivity index (χ0v) is 11.8. The second kappa shape index (κ2) is 4.66. The van der Waals surface area contributed by atoms with Gasteiger partial charge in [-0.3, -0.25) is 0 Å². The highest BCUT2D eigenvalue weighted by molar-refractivity contribution is 4.93. The second-order valence-corrected chi connectivity index (χ2v) is 7.31. The molecule has 2 N–H and O–H groups in total. The summed E-state index contributed by atoms with van der Waals surface area (Å²) in [6, 6.07) is 0.734. The van der Waals surface area contributed by atoms with Crippen LogP contribution in [0.5, 0.6) is 0 Å². The van der Waals surface area contributed by atoms with Gasteiger partial charge in [-0.25, -0.2) is 0 Å². The fraction of sp³-hybridized carbons (Fsp3) is 1.00. The molecule has 2 unspecified atom stereocenters. The molecule has 0 bridgehead atoms. The SMILES string of the molecule is CC(O)C(C)NC1CC(C)(C)CC(C)(C)C1. The summed E-state index contributed by atoms with van der Waals surface area (Å²) in [5, 5.41) is 13.1. The Labute approximate surface area is 101 Å². The Morgan fingerprint density at radius 1 is 1.06 bits per heavy atom. The lowest BCUT2D eigenvalue weighted by atomic mass is 9.63. The molecule has 1 aliphatic carbocycles. The van der Waals surface area contributed by atoms with Gasteiger partial charge >= 0.3 is 0 Å². The quantitative estimate of drug-likeness (QED) is 0.777. The first kappa shape index (κ1) is 14.0. The van der Waals surface area contributed by atoms with Crippen molar-refractivity contribution in [3.63, 3.8) is 0 Å². The number of nitrogens with one attached hydrogen (secondary N) is 1. The van der Waals surface area contributed by atoms with Crippen molar-refractivity contribution in [3.05, 3.63) is 0 Å². The van der Waals surface area contributed by atoms with Crippen LogP contribution in [0.15, 0.2) is 0 Å². The van der Waals surface area contributed by atoms with Crippen LogP contribution < -0.4 is 5.32 Å². The third-order valence-corrected chi connectivity index (χ3v) is 3.78. The summed E-state index contributed by atoms with van der Waals surface area (Å²) >= 11 is 0. The van der Waals surface area contributed by atoms with Crippen molar-refractivity contribution in [1.29, 1.82) is 0 Å². The number of rotatable bonds is 3. The summed E-state index contributed by atoms with van der Waals surface area (Å²) in [4.78, 5) is 0. The van der Waals surface area contributed by atoms with E-state index in [1.165, 1.54) is 19.3 Å². The number of aliphatic hydroxyl groups excluding tert-OH is 1. The van der Waals surface area contributed by atoms with Gasteiger partial charge in [0.2, 0.25) is 0 Å². The minimum atomic E-state index is -0.270. The summed E-state index contributed by atoms with van der Waals surface area (Å²) in [5.41, 5.74) is 0.829. The van der Waals surface area contributed by atoms with E-state index in [2.05, 4.69) is 39.9 Å². The van der Waals surface area contributed by atoms with Crippen molar-refractivity contribution >= 4 is 0 Å². The van der Waals surface area contributed by atoms with Crippen LogP contribution in [0.25, 0.3) is 0 Å². The minimum Gasteiger partial charge on any atom is -0.392 e. The molecule has 0 aliphatic heterocycles. The molecular weight excluding hydrogens is 198 g/mol. The molecule has 0 radical (unpaired) electrons. The molecule has 16 heavy (non-hydrogen) atoms. The van der Waals surface area contributed by atoms with E-state index in [1.807, 2.05) is 6.92 Å². The average Bonchev–Trinajstić information content (AvgIpc) is 1.96. The molecule has 1 saturated carbocycles. The molecule has 0 aromatic rings. The lowest BCUT2D eigenvalue weighted by molar-refractivity contribution is 0.0661. The van der Waals surface area contributed by atoms with E-state index in [0.717, 1.165) is 0 Å². The standard InChI is InChI=1S/C14H29NO/c1-10(11(2)16)15-12-7-13(3,4)9-14(5,6)8-12/h10-12,15-16H,7-9H2,1-6H3. The molecule has 0 aromatic carbocycles. The molecule has 0 spiro atoms. The van der Waals surface area contributed by atoms with Gasteiger partial charge in [0.15, 0.2) is 0 Å². The van der Waals surface area contributed by atoms with Crippen LogP contribution in [0, 0.1) is 10.8 Å². The van der Waals surface area contributed by atoms with Crippen molar-refractivity contribution in [2.45, 2.75) is 79.0 Å². The van der Waals surface area contributed by atoms with Gasteiger partial charge in [0, 0.05) is 12.1 Å². The Balaban J connectivity index is 2.61. The highest BCUT2D eigenvalue weighted by Gasteiger charge is 2.38. The van der Waals surface area contributed by atoms with Gasteiger partial charge in [0.25, 0.3) is 0 Å². The monoisotopic (exact) mass is 227 g/mol. The van der Waals surface area contributed by atoms with Crippen LogP contribution in [-0.2, 0) is 0 Å². The van der Waals surface area contributed by atoms with Gasteiger partial charge in [0.05, 0.1) is 6.10 Å². The predicted octanol–water partition coefficient (Wildman–Crippen LogP) is 2.95. The first-order valence-corrected chi connectivity index (χ1v) is 6.55. The van der Waals surface area contributed by atoms with E-state index in [9.17, 15) is 5.11 Å². The van der Waals surface area contributed by atoms with Crippen LogP contribution >= 0.6 is 0 Å². The molecule has 96 valence electrons. The lowest BCUT2D eigenvalue weighted by Crippen LogP contribution is -2.49. The molecule has 0 aromatic heterocycles. The van der Waals surface area contributed by atoms with Gasteiger partial charge in [-0.15, -0.1) is 0 Å². The first-order valence-electron chi connectivity index (χ1n) is 6.55. The van der Waals surface area contributed by atoms with Crippen LogP contribution in [0.3, 0.4) is 0 Å². The molecular formula is C14H29NO. The highest BCUT2D eigenvalue weighted by atomic mass is 16.3. The Bertz CT molecular complexity index is 217. The van der Waals surface area contributed by atoms with Gasteiger partial charge in [-0.1, -0.05) is 27.7 Å². The molecule has 1 fully saturated rings. The summed E-state index contributed by atoms with van der Waals surface area (Å²) in [5.74, 6) is 0. The Kier molecular flexibility index (Phi) is 4.07. The smallest absolute Gasteiger partial charge is 0.0662 e. The van der Waals surface area contributed by atoms with Crippen LogP contribution in [0.2, 0.25) is 0 Å². The molecule has 2 nitrogen and oxygen atoms in total. The third-order valence-electron chi connectivity index (χ3n) is 3.78. The molecule has 2 atom stereocenters. The second-order valence-electron chi connectivity index (χ2n) is 7.31. The first-order chi connectivity index (χ1) is 7.11. The van der Waals surface area contributed by atoms with Crippen molar-refractivity contribution in [3.8, 4) is 0 Å². The largest absolute Gasteiger partial charge is 0.392 e. The average molecular weight is 227 g/mol. The number of aliphatic hydroxyl groups is 1. The van der Waals surface area contributed by atoms with Crippen LogP contribution in [0.1, 0.15) is 60.8 Å². The van der Waals surface area contributed by atoms with Crippen molar-refractivity contribution in [2.75, 3.05) is 0 Å². The summed E-state index contributed by atoms with van der Waals surface area (Å²) in [7, 11) is 0. The fourth-order valence-corrected chi connectivity index (χ4v) is 3.47. The predicted molar refractivity (Wildman–Crippen MR) is 69.5 cm³/mol. The normalized spacial score (nSPS) is 28.7. The van der Waals surface area contributed by atoms with Gasteiger partial charge in [-0.2, -0.15) is 0 Å². The molecule has 0 amide bonds. The third kappa shape index (κ3) is 4.06. The maximum absolute atomic E-state index is 9.55. The van der Waals surface area contributed by atoms with Crippen molar-refractivity contribution < 1.29 is 5.11 Å². The van der Waals surface area contributed by atoms with E-state index < -0.39 is 0 Å². The van der Waals surface area contributed by atoms with Gasteiger partial charge in [-0.05, 0) is 43.9 Å². The van der Waals surface area contributed by atoms with E-state index in [-0.39, 0.29) is 12.1 Å². The summed E-state index contributed by atoms with van der Waals surface area (Å²) < 4.78 is 0. The topological polar surface area (TPSA) is 32.3 Å². The van der Waals surface area contributed by atoms with Crippen molar-refractivity contribution in [2.24, 2.45) is 10.8 Å². The molecule has 0 saturated heterocycles. The van der Waals surface area contributed by atoms with Gasteiger partial charge < -0.3 is 10.4 Å². The Morgan fingerprint density at radius 2 is 1.50 bits per heavy atom.